The molecule has 0 saturated heterocycles. The maximum absolute atomic E-state index is 13.6. The standard InChI is InChI=1S/C29H19BrClN5O3/c1-35(2)20-12-11-15(13-18(20)30)22-23-25(17-8-4-6-10-21(17)38-29(23)37)39-28-24(22)27-33-26(34-36(27)14-32-28)16-7-3-5-9-19(16)31/h3-14,22H,1-2H3. The van der Waals surface area contributed by atoms with Crippen LogP contribution in [0.5, 0.6) is 11.6 Å². The molecule has 1 atom stereocenters. The van der Waals surface area contributed by atoms with Crippen LogP contribution in [0.25, 0.3) is 28.0 Å². The van der Waals surface area contributed by atoms with E-state index < -0.39 is 11.5 Å². The number of nitrogens with zero attached hydrogens (tertiary/aromatic N) is 5. The Balaban J connectivity index is 1.55. The molecule has 0 radical (unpaired) electrons. The summed E-state index contributed by atoms with van der Waals surface area (Å²) in [5, 5.41) is 5.87. The second kappa shape index (κ2) is 8.93. The Labute approximate surface area is 235 Å². The fourth-order valence-electron chi connectivity index (χ4n) is 5.08. The van der Waals surface area contributed by atoms with E-state index in [0.717, 1.165) is 15.7 Å². The molecule has 39 heavy (non-hydrogen) atoms. The molecule has 1 aliphatic rings. The fourth-order valence-corrected chi connectivity index (χ4v) is 6.06. The molecule has 0 bridgehead atoms. The minimum Gasteiger partial charge on any atom is -0.437 e. The molecule has 0 amide bonds. The minimum atomic E-state index is -0.586. The number of benzene rings is 3. The number of fused-ring (bicyclic) bond motifs is 6. The van der Waals surface area contributed by atoms with E-state index in [9.17, 15) is 4.79 Å². The number of hydrogen-bond donors (Lipinski definition) is 0. The average molecular weight is 601 g/mol. The van der Waals surface area contributed by atoms with Crippen molar-refractivity contribution >= 4 is 49.8 Å². The summed E-state index contributed by atoms with van der Waals surface area (Å²) >= 11 is 10.2. The fraction of sp³-hybridized carbons (Fsp3) is 0.103. The molecule has 10 heteroatoms. The maximum Gasteiger partial charge on any atom is 0.344 e. The van der Waals surface area contributed by atoms with Gasteiger partial charge in [-0.1, -0.05) is 41.9 Å². The van der Waals surface area contributed by atoms with Gasteiger partial charge in [0.05, 0.1) is 33.1 Å². The summed E-state index contributed by atoms with van der Waals surface area (Å²) in [7, 11) is 3.94. The van der Waals surface area contributed by atoms with E-state index in [-0.39, 0.29) is 0 Å². The molecule has 3 aromatic heterocycles. The quantitative estimate of drug-likeness (QED) is 0.210. The summed E-state index contributed by atoms with van der Waals surface area (Å²) in [6.45, 7) is 0. The lowest BCUT2D eigenvalue weighted by molar-refractivity contribution is 0.422. The van der Waals surface area contributed by atoms with Gasteiger partial charge in [0.2, 0.25) is 5.88 Å². The zero-order valence-electron chi connectivity index (χ0n) is 20.7. The van der Waals surface area contributed by atoms with E-state index in [1.54, 1.807) is 23.0 Å². The van der Waals surface area contributed by atoms with Crippen molar-refractivity contribution in [1.82, 2.24) is 19.6 Å². The van der Waals surface area contributed by atoms with Crippen LogP contribution in [0, 0.1) is 0 Å². The van der Waals surface area contributed by atoms with Crippen molar-refractivity contribution in [2.24, 2.45) is 0 Å². The van der Waals surface area contributed by atoms with Gasteiger partial charge in [0, 0.05) is 24.1 Å². The first-order valence-corrected chi connectivity index (χ1v) is 13.3. The topological polar surface area (TPSA) is 85.8 Å². The van der Waals surface area contributed by atoms with Crippen molar-refractivity contribution in [3.05, 3.63) is 110 Å². The number of para-hydroxylation sites is 1. The third-order valence-electron chi connectivity index (χ3n) is 6.86. The van der Waals surface area contributed by atoms with Crippen molar-refractivity contribution in [1.29, 1.82) is 0 Å². The monoisotopic (exact) mass is 599 g/mol. The normalized spacial score (nSPS) is 14.2. The molecule has 0 N–H and O–H groups in total. The van der Waals surface area contributed by atoms with E-state index in [2.05, 4.69) is 26.0 Å². The third kappa shape index (κ3) is 3.72. The molecule has 0 saturated carbocycles. The predicted molar refractivity (Wildman–Crippen MR) is 153 cm³/mol. The van der Waals surface area contributed by atoms with Gasteiger partial charge in [0.25, 0.3) is 0 Å². The van der Waals surface area contributed by atoms with Gasteiger partial charge in [-0.05, 0) is 57.9 Å². The molecule has 1 aliphatic heterocycles. The summed E-state index contributed by atoms with van der Waals surface area (Å²) in [6, 6.07) is 20.7. The zero-order valence-corrected chi connectivity index (χ0v) is 23.1. The van der Waals surface area contributed by atoms with Crippen LogP contribution in [-0.4, -0.2) is 33.7 Å². The first-order chi connectivity index (χ1) is 18.9. The van der Waals surface area contributed by atoms with E-state index in [4.69, 9.17) is 25.7 Å². The van der Waals surface area contributed by atoms with Crippen molar-refractivity contribution in [2.45, 2.75) is 5.92 Å². The number of anilines is 1. The van der Waals surface area contributed by atoms with Crippen molar-refractivity contribution in [2.75, 3.05) is 19.0 Å². The lowest BCUT2D eigenvalue weighted by Crippen LogP contribution is -2.22. The summed E-state index contributed by atoms with van der Waals surface area (Å²) in [6.07, 6.45) is 1.56. The highest BCUT2D eigenvalue weighted by Gasteiger charge is 2.38. The van der Waals surface area contributed by atoms with Gasteiger partial charge in [-0.25, -0.2) is 19.3 Å². The number of aromatic nitrogens is 4. The number of halogens is 2. The highest BCUT2D eigenvalue weighted by Crippen LogP contribution is 2.49. The molecule has 0 aliphatic carbocycles. The van der Waals surface area contributed by atoms with Crippen LogP contribution >= 0.6 is 27.5 Å². The number of hydrogen-bond acceptors (Lipinski definition) is 7. The lowest BCUT2D eigenvalue weighted by atomic mass is 9.84. The largest absolute Gasteiger partial charge is 0.437 e. The van der Waals surface area contributed by atoms with Gasteiger partial charge < -0.3 is 14.1 Å². The smallest absolute Gasteiger partial charge is 0.344 e. The van der Waals surface area contributed by atoms with Crippen LogP contribution in [-0.2, 0) is 0 Å². The van der Waals surface area contributed by atoms with Crippen LogP contribution in [0.15, 0.2) is 86.7 Å². The summed E-state index contributed by atoms with van der Waals surface area (Å²) in [4.78, 5) is 25.1. The predicted octanol–water partition coefficient (Wildman–Crippen LogP) is 6.67. The van der Waals surface area contributed by atoms with Gasteiger partial charge >= 0.3 is 5.63 Å². The molecule has 4 heterocycles. The molecular weight excluding hydrogens is 582 g/mol. The Bertz CT molecular complexity index is 2000. The van der Waals surface area contributed by atoms with E-state index in [1.165, 1.54) is 0 Å². The minimum absolute atomic E-state index is 0.349. The Morgan fingerprint density at radius 1 is 1.03 bits per heavy atom. The Hall–Kier alpha value is -4.21. The van der Waals surface area contributed by atoms with Gasteiger partial charge in [0.1, 0.15) is 11.9 Å². The second-order valence-corrected chi connectivity index (χ2v) is 10.7. The average Bonchev–Trinajstić information content (AvgIpc) is 3.36. The van der Waals surface area contributed by atoms with Crippen LogP contribution < -0.4 is 15.3 Å². The molecule has 3 aromatic carbocycles. The molecule has 6 aromatic rings. The van der Waals surface area contributed by atoms with E-state index >= 15 is 0 Å². The lowest BCUT2D eigenvalue weighted by Gasteiger charge is -2.28. The van der Waals surface area contributed by atoms with Crippen molar-refractivity contribution < 1.29 is 9.15 Å². The molecule has 1 unspecified atom stereocenters. The van der Waals surface area contributed by atoms with Crippen LogP contribution in [0.4, 0.5) is 5.69 Å². The van der Waals surface area contributed by atoms with Crippen LogP contribution in [0.2, 0.25) is 5.02 Å². The number of ether oxygens (including phenoxy) is 1. The Kier molecular flexibility index (Phi) is 5.47. The zero-order chi connectivity index (χ0) is 26.8. The van der Waals surface area contributed by atoms with Crippen LogP contribution in [0.3, 0.4) is 0 Å². The number of rotatable bonds is 3. The molecule has 0 fully saturated rings. The van der Waals surface area contributed by atoms with E-state index in [1.807, 2.05) is 73.6 Å². The molecule has 0 spiro atoms. The van der Waals surface area contributed by atoms with Crippen molar-refractivity contribution in [3.63, 3.8) is 0 Å². The summed E-state index contributed by atoms with van der Waals surface area (Å²) < 4.78 is 14.6. The van der Waals surface area contributed by atoms with Crippen LogP contribution in [0.1, 0.15) is 22.6 Å². The van der Waals surface area contributed by atoms with Gasteiger partial charge in [-0.3, -0.25) is 0 Å². The van der Waals surface area contributed by atoms with E-state index in [0.29, 0.717) is 55.8 Å². The summed E-state index contributed by atoms with van der Waals surface area (Å²) in [5.74, 6) is 0.628. The molecule has 192 valence electrons. The van der Waals surface area contributed by atoms with Crippen molar-refractivity contribution in [3.8, 4) is 23.0 Å². The second-order valence-electron chi connectivity index (χ2n) is 9.42. The van der Waals surface area contributed by atoms with Gasteiger partial charge in [-0.2, -0.15) is 0 Å². The van der Waals surface area contributed by atoms with Gasteiger partial charge in [0.15, 0.2) is 17.2 Å². The highest BCUT2D eigenvalue weighted by molar-refractivity contribution is 9.10. The Morgan fingerprint density at radius 2 is 1.82 bits per heavy atom. The summed E-state index contributed by atoms with van der Waals surface area (Å²) in [5.41, 5.74) is 3.98. The first kappa shape index (κ1) is 23.9. The molecule has 7 rings (SSSR count). The Morgan fingerprint density at radius 3 is 2.62 bits per heavy atom. The molecular formula is C29H19BrClN5O3. The third-order valence-corrected chi connectivity index (χ3v) is 7.83. The first-order valence-electron chi connectivity index (χ1n) is 12.1. The highest BCUT2D eigenvalue weighted by atomic mass is 79.9. The maximum atomic E-state index is 13.6. The van der Waals surface area contributed by atoms with Gasteiger partial charge in [-0.15, -0.1) is 5.10 Å². The molecule has 8 nitrogen and oxygen atoms in total. The SMILES string of the molecule is CN(C)c1ccc(C2c3c(c4ccccc4oc3=O)Oc3ncn4nc(-c5ccccc5Cl)nc4c32)cc1Br.